The molecule has 2 aromatic rings. The molecule has 3 aliphatic rings. The summed E-state index contributed by atoms with van der Waals surface area (Å²) in [6, 6.07) is 10.8. The molecular weight excluding hydrogens is 600 g/mol. The number of likely N-dealkylation sites (N-methyl/N-ethyl adjacent to an activating group) is 1. The van der Waals surface area contributed by atoms with Crippen LogP contribution in [0.25, 0.3) is 0 Å². The molecule has 1 saturated heterocycles. The van der Waals surface area contributed by atoms with E-state index in [1.54, 1.807) is 50.4 Å². The molecule has 38 heavy (non-hydrogen) atoms. The molecule has 2 heterocycles. The molecule has 0 spiro atoms. The van der Waals surface area contributed by atoms with E-state index >= 15 is 4.39 Å². The first kappa shape index (κ1) is 26.5. The second kappa shape index (κ2) is 8.96. The maximum absolute atomic E-state index is 15.2. The quantitative estimate of drug-likeness (QED) is 0.359. The number of carbonyl (C=O) groups excluding carboxylic acids is 3. The third kappa shape index (κ3) is 3.78. The zero-order valence-electron chi connectivity index (χ0n) is 22.0. The largest absolute Gasteiger partial charge is 0.399 e. The van der Waals surface area contributed by atoms with Crippen LogP contribution in [0.4, 0.5) is 26.2 Å². The van der Waals surface area contributed by atoms with Gasteiger partial charge in [0.15, 0.2) is 0 Å². The average Bonchev–Trinajstić information content (AvgIpc) is 3.67. The zero-order valence-corrected chi connectivity index (χ0v) is 24.2. The molecule has 3 N–H and O–H groups in total. The molecule has 8 nitrogen and oxygen atoms in total. The summed E-state index contributed by atoms with van der Waals surface area (Å²) in [4.78, 5) is 46.8. The Morgan fingerprint density at radius 3 is 2.26 bits per heavy atom. The Labute approximate surface area is 235 Å². The number of anilines is 3. The molecule has 0 bridgehead atoms. The third-order valence-corrected chi connectivity index (χ3v) is 8.49. The van der Waals surface area contributed by atoms with Crippen molar-refractivity contribution in [1.82, 2.24) is 9.80 Å². The Bertz CT molecular complexity index is 1380. The lowest BCUT2D eigenvalue weighted by molar-refractivity contribution is -0.154. The van der Waals surface area contributed by atoms with Crippen LogP contribution in [-0.4, -0.2) is 46.9 Å². The molecule has 1 saturated carbocycles. The molecule has 2 unspecified atom stereocenters. The number of amides is 4. The van der Waals surface area contributed by atoms with Crippen LogP contribution >= 0.6 is 22.6 Å². The molecule has 2 aliphatic heterocycles. The number of imide groups is 1. The lowest BCUT2D eigenvalue weighted by Crippen LogP contribution is -2.75. The van der Waals surface area contributed by atoms with Gasteiger partial charge >= 0.3 is 6.03 Å². The first-order valence-corrected chi connectivity index (χ1v) is 13.6. The Morgan fingerprint density at radius 1 is 1.08 bits per heavy atom. The molecule has 4 amide bonds. The van der Waals surface area contributed by atoms with Gasteiger partial charge in [-0.3, -0.25) is 19.4 Å². The molecule has 200 valence electrons. The fraction of sp³-hybridized carbons (Fsp3) is 0.393. The highest BCUT2D eigenvalue weighted by atomic mass is 127. The van der Waals surface area contributed by atoms with Crippen molar-refractivity contribution in [2.24, 2.45) is 10.8 Å². The van der Waals surface area contributed by atoms with E-state index in [2.05, 4.69) is 5.32 Å². The van der Waals surface area contributed by atoms with E-state index in [0.29, 0.717) is 29.9 Å². The molecule has 0 aromatic heterocycles. The van der Waals surface area contributed by atoms with E-state index < -0.39 is 28.8 Å². The van der Waals surface area contributed by atoms with E-state index in [1.165, 1.54) is 20.8 Å². The average molecular weight is 631 g/mol. The lowest BCUT2D eigenvalue weighted by Gasteiger charge is -2.60. The Hall–Kier alpha value is -3.15. The fourth-order valence-electron chi connectivity index (χ4n) is 5.80. The number of halogens is 2. The van der Waals surface area contributed by atoms with Gasteiger partial charge in [-0.15, -0.1) is 0 Å². The standard InChI is InChI=1S/C28H31FIN5O3/c1-15-22-28(27(2,3)4,24(33(5)23(15)36)32-21-13-6-16(30)14-20(21)29)25(37)35(19-11-12-19)26(38)34(22)18-9-7-17(31)8-10-18/h6-10,13-14,19,24,32H,11-12,31H2,1-5H3. The van der Waals surface area contributed by atoms with Gasteiger partial charge in [0.05, 0.1) is 17.1 Å². The molecular formula is C28H31FIN5O3. The molecule has 2 fully saturated rings. The summed E-state index contributed by atoms with van der Waals surface area (Å²) >= 11 is 2.03. The first-order valence-electron chi connectivity index (χ1n) is 12.5. The van der Waals surface area contributed by atoms with Gasteiger partial charge in [0, 0.05) is 27.9 Å². The maximum atomic E-state index is 15.2. The monoisotopic (exact) mass is 631 g/mol. The van der Waals surface area contributed by atoms with Gasteiger partial charge in [0.25, 0.3) is 5.91 Å². The molecule has 2 aromatic carbocycles. The van der Waals surface area contributed by atoms with Gasteiger partial charge in [-0.05, 0) is 90.2 Å². The van der Waals surface area contributed by atoms with Crippen molar-refractivity contribution in [1.29, 1.82) is 0 Å². The minimum Gasteiger partial charge on any atom is -0.399 e. The summed E-state index contributed by atoms with van der Waals surface area (Å²) in [6.45, 7) is 7.41. The fourth-order valence-corrected chi connectivity index (χ4v) is 6.26. The third-order valence-electron chi connectivity index (χ3n) is 7.81. The van der Waals surface area contributed by atoms with Crippen LogP contribution in [0.1, 0.15) is 40.5 Å². The van der Waals surface area contributed by atoms with Gasteiger partial charge < -0.3 is 16.0 Å². The summed E-state index contributed by atoms with van der Waals surface area (Å²) in [7, 11) is 1.61. The van der Waals surface area contributed by atoms with E-state index in [-0.39, 0.29) is 29.1 Å². The van der Waals surface area contributed by atoms with E-state index in [9.17, 15) is 14.4 Å². The van der Waals surface area contributed by atoms with Crippen molar-refractivity contribution in [3.63, 3.8) is 0 Å². The molecule has 0 radical (unpaired) electrons. The van der Waals surface area contributed by atoms with Crippen molar-refractivity contribution in [2.75, 3.05) is 23.0 Å². The number of hydrogen-bond acceptors (Lipinski definition) is 5. The van der Waals surface area contributed by atoms with Crippen LogP contribution in [0, 0.1) is 20.2 Å². The summed E-state index contributed by atoms with van der Waals surface area (Å²) in [5.74, 6) is -1.24. The van der Waals surface area contributed by atoms with Crippen molar-refractivity contribution in [3.05, 3.63) is 63.1 Å². The molecule has 1 aliphatic carbocycles. The van der Waals surface area contributed by atoms with Crippen LogP contribution < -0.4 is 16.0 Å². The second-order valence-corrected chi connectivity index (χ2v) is 12.5. The number of benzene rings is 2. The number of fused-ring (bicyclic) bond motifs is 1. The number of carbonyl (C=O) groups is 3. The summed E-state index contributed by atoms with van der Waals surface area (Å²) in [5.41, 5.74) is 5.48. The van der Waals surface area contributed by atoms with Crippen molar-refractivity contribution >= 4 is 57.5 Å². The van der Waals surface area contributed by atoms with Gasteiger partial charge in [0.1, 0.15) is 17.4 Å². The van der Waals surface area contributed by atoms with Crippen LogP contribution in [0.5, 0.6) is 0 Å². The first-order chi connectivity index (χ1) is 17.8. The predicted molar refractivity (Wildman–Crippen MR) is 152 cm³/mol. The number of nitrogens with two attached hydrogens (primary N) is 1. The highest BCUT2D eigenvalue weighted by molar-refractivity contribution is 14.1. The highest BCUT2D eigenvalue weighted by Crippen LogP contribution is 2.58. The second-order valence-electron chi connectivity index (χ2n) is 11.2. The SMILES string of the molecule is CC1=C2N(c3ccc(N)cc3)C(=O)N(C3CC3)C(=O)C2(C(C)(C)C)C(Nc2ccc(I)cc2F)N(C)C1=O. The van der Waals surface area contributed by atoms with E-state index in [1.807, 2.05) is 43.4 Å². The minimum absolute atomic E-state index is 0.166. The number of nitrogen functional groups attached to an aromatic ring is 1. The molecule has 2 atom stereocenters. The van der Waals surface area contributed by atoms with E-state index in [0.717, 1.165) is 3.57 Å². The number of nitrogens with zero attached hydrogens (tertiary/aromatic N) is 3. The van der Waals surface area contributed by atoms with Crippen LogP contribution in [-0.2, 0) is 9.59 Å². The predicted octanol–water partition coefficient (Wildman–Crippen LogP) is 5.16. The molecule has 10 heteroatoms. The van der Waals surface area contributed by atoms with Crippen molar-refractivity contribution in [3.8, 4) is 0 Å². The van der Waals surface area contributed by atoms with E-state index in [4.69, 9.17) is 5.73 Å². The van der Waals surface area contributed by atoms with Gasteiger partial charge in [-0.1, -0.05) is 20.8 Å². The van der Waals surface area contributed by atoms with Gasteiger partial charge in [0.2, 0.25) is 5.91 Å². The number of hydrogen-bond donors (Lipinski definition) is 2. The summed E-state index contributed by atoms with van der Waals surface area (Å²) in [6.07, 6.45) is 0.440. The Balaban J connectivity index is 1.82. The van der Waals surface area contributed by atoms with Crippen molar-refractivity contribution < 1.29 is 18.8 Å². The van der Waals surface area contributed by atoms with Crippen LogP contribution in [0.15, 0.2) is 53.7 Å². The topological polar surface area (TPSA) is 99.0 Å². The van der Waals surface area contributed by atoms with Gasteiger partial charge in [-0.25, -0.2) is 9.18 Å². The highest BCUT2D eigenvalue weighted by Gasteiger charge is 2.69. The van der Waals surface area contributed by atoms with Crippen LogP contribution in [0.3, 0.4) is 0 Å². The maximum Gasteiger partial charge on any atom is 0.335 e. The summed E-state index contributed by atoms with van der Waals surface area (Å²) in [5, 5.41) is 3.22. The number of rotatable bonds is 4. The van der Waals surface area contributed by atoms with Gasteiger partial charge in [-0.2, -0.15) is 0 Å². The molecule has 5 rings (SSSR count). The zero-order chi connectivity index (χ0) is 27.7. The van der Waals surface area contributed by atoms with Crippen LogP contribution in [0.2, 0.25) is 0 Å². The number of nitrogens with one attached hydrogen (secondary N) is 1. The number of urea groups is 1. The Morgan fingerprint density at radius 2 is 1.71 bits per heavy atom. The normalized spacial score (nSPS) is 24.2. The summed E-state index contributed by atoms with van der Waals surface area (Å²) < 4.78 is 15.9. The Kier molecular flexibility index (Phi) is 6.24. The van der Waals surface area contributed by atoms with Crippen molar-refractivity contribution in [2.45, 2.75) is 52.7 Å². The lowest BCUT2D eigenvalue weighted by atomic mass is 9.57. The minimum atomic E-state index is -1.44. The smallest absolute Gasteiger partial charge is 0.335 e.